The zero-order chi connectivity index (χ0) is 16.3. The van der Waals surface area contributed by atoms with Gasteiger partial charge in [0.1, 0.15) is 11.3 Å². The monoisotopic (exact) mass is 337 g/mol. The van der Waals surface area contributed by atoms with Crippen LogP contribution in [0.3, 0.4) is 0 Å². The molecule has 0 bridgehead atoms. The first-order valence-electron chi connectivity index (χ1n) is 7.47. The highest BCUT2D eigenvalue weighted by Gasteiger charge is 2.23. The number of sulfonamides is 1. The standard InChI is InChI=1S/C15H19N3O4S/c1-2-22-13-5-6-14(12-4-3-7-16-15(12)13)23(19,20)17-18-8-10-21-11-9-18/h3-7,17H,2,8-11H2,1H3. The van der Waals surface area contributed by atoms with Gasteiger partial charge in [0.05, 0.1) is 24.7 Å². The Hall–Kier alpha value is -1.74. The van der Waals surface area contributed by atoms with E-state index in [1.165, 1.54) is 0 Å². The van der Waals surface area contributed by atoms with Crippen molar-refractivity contribution >= 4 is 20.9 Å². The number of rotatable bonds is 5. The molecule has 23 heavy (non-hydrogen) atoms. The van der Waals surface area contributed by atoms with Crippen LogP contribution in [0.2, 0.25) is 0 Å². The number of hydrogen-bond donors (Lipinski definition) is 1. The molecule has 3 rings (SSSR count). The Bertz CT molecular complexity index is 788. The van der Waals surface area contributed by atoms with E-state index in [1.54, 1.807) is 35.5 Å². The quantitative estimate of drug-likeness (QED) is 0.882. The van der Waals surface area contributed by atoms with E-state index in [-0.39, 0.29) is 4.90 Å². The lowest BCUT2D eigenvalue weighted by Crippen LogP contribution is -2.48. The fourth-order valence-electron chi connectivity index (χ4n) is 2.50. The van der Waals surface area contributed by atoms with E-state index in [1.807, 2.05) is 6.92 Å². The lowest BCUT2D eigenvalue weighted by molar-refractivity contribution is 0.0272. The molecule has 1 saturated heterocycles. The molecule has 1 N–H and O–H groups in total. The number of hydrazine groups is 1. The summed E-state index contributed by atoms with van der Waals surface area (Å²) in [5, 5.41) is 2.19. The van der Waals surface area contributed by atoms with Gasteiger partial charge in [-0.2, -0.15) is 0 Å². The minimum atomic E-state index is -3.69. The van der Waals surface area contributed by atoms with Crippen LogP contribution in [0, 0.1) is 0 Å². The number of aromatic nitrogens is 1. The van der Waals surface area contributed by atoms with E-state index < -0.39 is 10.0 Å². The fourth-order valence-corrected chi connectivity index (χ4v) is 3.82. The summed E-state index contributed by atoms with van der Waals surface area (Å²) >= 11 is 0. The summed E-state index contributed by atoms with van der Waals surface area (Å²) in [6, 6.07) is 6.65. The average molecular weight is 337 g/mol. The number of nitrogens with one attached hydrogen (secondary N) is 1. The van der Waals surface area contributed by atoms with Crippen LogP contribution in [0.5, 0.6) is 5.75 Å². The van der Waals surface area contributed by atoms with Crippen molar-refractivity contribution in [3.05, 3.63) is 30.5 Å². The summed E-state index contributed by atoms with van der Waals surface area (Å²) < 4.78 is 36.2. The van der Waals surface area contributed by atoms with Crippen molar-refractivity contribution in [1.82, 2.24) is 14.8 Å². The van der Waals surface area contributed by atoms with Gasteiger partial charge in [-0.3, -0.25) is 4.98 Å². The Morgan fingerprint density at radius 3 is 2.83 bits per heavy atom. The van der Waals surface area contributed by atoms with Crippen molar-refractivity contribution in [3.8, 4) is 5.75 Å². The number of fused-ring (bicyclic) bond motifs is 1. The fraction of sp³-hybridized carbons (Fsp3) is 0.400. The lowest BCUT2D eigenvalue weighted by atomic mass is 10.2. The molecule has 7 nitrogen and oxygen atoms in total. The molecular formula is C15H19N3O4S. The number of benzene rings is 1. The van der Waals surface area contributed by atoms with Gasteiger partial charge in [0.15, 0.2) is 0 Å². The number of morpholine rings is 1. The van der Waals surface area contributed by atoms with Crippen LogP contribution in [-0.2, 0) is 14.8 Å². The van der Waals surface area contributed by atoms with Crippen LogP contribution in [0.4, 0.5) is 0 Å². The molecule has 2 heterocycles. The Morgan fingerprint density at radius 1 is 1.30 bits per heavy atom. The third-order valence-corrected chi connectivity index (χ3v) is 4.98. The molecule has 1 aromatic heterocycles. The van der Waals surface area contributed by atoms with Crippen molar-refractivity contribution in [2.75, 3.05) is 32.9 Å². The molecule has 1 aromatic carbocycles. The molecule has 2 aromatic rings. The minimum absolute atomic E-state index is 0.190. The molecule has 0 atom stereocenters. The predicted octanol–water partition coefficient (Wildman–Crippen LogP) is 1.16. The molecule has 0 saturated carbocycles. The van der Waals surface area contributed by atoms with Gasteiger partial charge >= 0.3 is 0 Å². The zero-order valence-electron chi connectivity index (χ0n) is 12.9. The average Bonchev–Trinajstić information content (AvgIpc) is 2.56. The molecule has 1 aliphatic heterocycles. The van der Waals surface area contributed by atoms with Gasteiger partial charge in [-0.1, -0.05) is 0 Å². The maximum atomic E-state index is 12.7. The maximum Gasteiger partial charge on any atom is 0.254 e. The molecule has 0 spiro atoms. The van der Waals surface area contributed by atoms with E-state index in [0.29, 0.717) is 49.6 Å². The summed E-state index contributed by atoms with van der Waals surface area (Å²) in [7, 11) is -3.69. The van der Waals surface area contributed by atoms with Crippen molar-refractivity contribution in [2.24, 2.45) is 0 Å². The molecule has 0 radical (unpaired) electrons. The number of ether oxygens (including phenoxy) is 2. The highest BCUT2D eigenvalue weighted by Crippen LogP contribution is 2.29. The first-order valence-corrected chi connectivity index (χ1v) is 8.96. The molecule has 124 valence electrons. The highest BCUT2D eigenvalue weighted by atomic mass is 32.2. The number of nitrogens with zero attached hydrogens (tertiary/aromatic N) is 2. The predicted molar refractivity (Wildman–Crippen MR) is 85.6 cm³/mol. The summed E-state index contributed by atoms with van der Waals surface area (Å²) in [6.07, 6.45) is 1.62. The summed E-state index contributed by atoms with van der Waals surface area (Å²) in [6.45, 7) is 4.42. The van der Waals surface area contributed by atoms with Gasteiger partial charge in [-0.25, -0.2) is 13.4 Å². The minimum Gasteiger partial charge on any atom is -0.492 e. The third kappa shape index (κ3) is 3.45. The van der Waals surface area contributed by atoms with Crippen LogP contribution in [0.25, 0.3) is 10.9 Å². The Kier molecular flexibility index (Phi) is 4.76. The number of hydrogen-bond acceptors (Lipinski definition) is 6. The van der Waals surface area contributed by atoms with Crippen molar-refractivity contribution in [2.45, 2.75) is 11.8 Å². The summed E-state index contributed by atoms with van der Waals surface area (Å²) in [5.41, 5.74) is 0.541. The molecule has 0 aliphatic carbocycles. The van der Waals surface area contributed by atoms with Crippen molar-refractivity contribution < 1.29 is 17.9 Å². The molecule has 1 aliphatic rings. The van der Waals surface area contributed by atoms with Gasteiger partial charge in [0.2, 0.25) is 0 Å². The second kappa shape index (κ2) is 6.79. The maximum absolute atomic E-state index is 12.7. The van der Waals surface area contributed by atoms with Gasteiger partial charge in [-0.05, 0) is 31.2 Å². The van der Waals surface area contributed by atoms with Crippen molar-refractivity contribution in [3.63, 3.8) is 0 Å². The largest absolute Gasteiger partial charge is 0.492 e. The molecule has 0 unspecified atom stereocenters. The number of pyridine rings is 1. The normalized spacial score (nSPS) is 16.6. The van der Waals surface area contributed by atoms with Gasteiger partial charge < -0.3 is 9.47 Å². The van der Waals surface area contributed by atoms with Gasteiger partial charge in [-0.15, -0.1) is 4.83 Å². The summed E-state index contributed by atoms with van der Waals surface area (Å²) in [5.74, 6) is 0.577. The smallest absolute Gasteiger partial charge is 0.254 e. The zero-order valence-corrected chi connectivity index (χ0v) is 13.7. The first kappa shape index (κ1) is 16.1. The molecule has 0 amide bonds. The van der Waals surface area contributed by atoms with E-state index in [2.05, 4.69) is 9.82 Å². The molecular weight excluding hydrogens is 318 g/mol. The highest BCUT2D eigenvalue weighted by molar-refractivity contribution is 7.89. The van der Waals surface area contributed by atoms with Crippen LogP contribution in [-0.4, -0.2) is 51.3 Å². The van der Waals surface area contributed by atoms with E-state index in [4.69, 9.17) is 9.47 Å². The van der Waals surface area contributed by atoms with Crippen LogP contribution in [0.1, 0.15) is 6.92 Å². The van der Waals surface area contributed by atoms with Crippen LogP contribution >= 0.6 is 0 Å². The summed E-state index contributed by atoms with van der Waals surface area (Å²) in [4.78, 5) is 7.07. The van der Waals surface area contributed by atoms with Crippen molar-refractivity contribution in [1.29, 1.82) is 0 Å². The first-order chi connectivity index (χ1) is 11.1. The van der Waals surface area contributed by atoms with Crippen LogP contribution < -0.4 is 9.57 Å². The molecule has 1 fully saturated rings. The van der Waals surface area contributed by atoms with E-state index >= 15 is 0 Å². The Morgan fingerprint density at radius 2 is 2.09 bits per heavy atom. The second-order valence-corrected chi connectivity index (χ2v) is 6.72. The Balaban J connectivity index is 2.00. The lowest BCUT2D eigenvalue weighted by Gasteiger charge is -2.27. The van der Waals surface area contributed by atoms with Gasteiger partial charge in [0, 0.05) is 24.7 Å². The van der Waals surface area contributed by atoms with Crippen LogP contribution in [0.15, 0.2) is 35.4 Å². The van der Waals surface area contributed by atoms with Gasteiger partial charge in [0.25, 0.3) is 10.0 Å². The Labute approximate surface area is 135 Å². The van der Waals surface area contributed by atoms with E-state index in [0.717, 1.165) is 0 Å². The topological polar surface area (TPSA) is 80.8 Å². The SMILES string of the molecule is CCOc1ccc(S(=O)(=O)NN2CCOCC2)c2cccnc12. The molecule has 8 heteroatoms. The third-order valence-electron chi connectivity index (χ3n) is 3.54. The second-order valence-electron chi connectivity index (χ2n) is 5.09. The van der Waals surface area contributed by atoms with E-state index in [9.17, 15) is 8.42 Å².